The minimum absolute atomic E-state index is 0.0349. The van der Waals surface area contributed by atoms with Gasteiger partial charge in [0.2, 0.25) is 0 Å². The van der Waals surface area contributed by atoms with Crippen molar-refractivity contribution in [2.75, 3.05) is 7.05 Å². The third-order valence-electron chi connectivity index (χ3n) is 4.63. The van der Waals surface area contributed by atoms with E-state index in [4.69, 9.17) is 5.73 Å². The number of halogens is 3. The Hall–Kier alpha value is -3.10. The summed E-state index contributed by atoms with van der Waals surface area (Å²) in [7, 11) is 1.35. The summed E-state index contributed by atoms with van der Waals surface area (Å²) in [6.45, 7) is -0.238. The summed E-state index contributed by atoms with van der Waals surface area (Å²) >= 11 is 0. The second-order valence-corrected chi connectivity index (χ2v) is 6.68. The number of carbonyl (C=O) groups excluding carboxylic acids is 2. The summed E-state index contributed by atoms with van der Waals surface area (Å²) < 4.78 is 39.9. The van der Waals surface area contributed by atoms with Crippen LogP contribution in [0, 0.1) is 0 Å². The van der Waals surface area contributed by atoms with Crippen LogP contribution >= 0.6 is 0 Å². The maximum absolute atomic E-state index is 12.9. The number of primary amides is 1. The molecule has 6 nitrogen and oxygen atoms in total. The molecule has 1 saturated carbocycles. The maximum atomic E-state index is 12.9. The van der Waals surface area contributed by atoms with Crippen molar-refractivity contribution in [3.8, 4) is 0 Å². The van der Waals surface area contributed by atoms with Gasteiger partial charge in [-0.25, -0.2) is 0 Å². The third kappa shape index (κ3) is 3.78. The van der Waals surface area contributed by atoms with Crippen LogP contribution in [0.1, 0.15) is 56.2 Å². The van der Waals surface area contributed by atoms with Gasteiger partial charge < -0.3 is 15.6 Å². The first-order valence-corrected chi connectivity index (χ1v) is 8.58. The van der Waals surface area contributed by atoms with Crippen LogP contribution in [-0.2, 0) is 12.7 Å². The Morgan fingerprint density at radius 1 is 1.29 bits per heavy atom. The fourth-order valence-electron chi connectivity index (χ4n) is 3.17. The molecule has 1 aliphatic rings. The molecule has 1 aromatic heterocycles. The molecule has 0 spiro atoms. The van der Waals surface area contributed by atoms with Gasteiger partial charge in [-0.2, -0.15) is 13.2 Å². The molecular weight excluding hydrogens is 375 g/mol. The van der Waals surface area contributed by atoms with Crippen molar-refractivity contribution in [1.82, 2.24) is 9.88 Å². The Bertz CT molecular complexity index is 1010. The van der Waals surface area contributed by atoms with Gasteiger partial charge in [0.25, 0.3) is 17.4 Å². The van der Waals surface area contributed by atoms with Gasteiger partial charge in [-0.1, -0.05) is 12.1 Å². The van der Waals surface area contributed by atoms with E-state index in [1.165, 1.54) is 25.4 Å². The molecule has 0 unspecified atom stereocenters. The van der Waals surface area contributed by atoms with E-state index < -0.39 is 29.1 Å². The fourth-order valence-corrected chi connectivity index (χ4v) is 3.17. The van der Waals surface area contributed by atoms with Gasteiger partial charge in [0.1, 0.15) is 5.56 Å². The zero-order valence-corrected chi connectivity index (χ0v) is 15.0. The van der Waals surface area contributed by atoms with Crippen LogP contribution in [0.3, 0.4) is 0 Å². The second kappa shape index (κ2) is 7.14. The summed E-state index contributed by atoms with van der Waals surface area (Å²) in [6, 6.07) is 4.51. The number of hydrogen-bond donors (Lipinski definition) is 2. The number of alkyl halides is 3. The summed E-state index contributed by atoms with van der Waals surface area (Å²) in [5.74, 6) is -1.57. The molecule has 1 fully saturated rings. The highest BCUT2D eigenvalue weighted by atomic mass is 19.4. The highest BCUT2D eigenvalue weighted by Crippen LogP contribution is 2.42. The predicted molar refractivity (Wildman–Crippen MR) is 95.1 cm³/mol. The van der Waals surface area contributed by atoms with E-state index in [1.807, 2.05) is 0 Å². The standard InChI is InChI=1S/C19H18F3N3O3/c1-24-17(27)15-14(11-5-6-11)13(16(23)26)9-25(18(15)28)8-10-3-2-4-12(7-10)19(20,21)22/h2-4,7,9,11H,5-6,8H2,1H3,(H2,23,26)(H,24,27). The van der Waals surface area contributed by atoms with Gasteiger partial charge >= 0.3 is 6.18 Å². The molecule has 2 aromatic rings. The molecular formula is C19H18F3N3O3. The normalized spacial score (nSPS) is 14.0. The number of nitrogens with one attached hydrogen (secondary N) is 1. The molecule has 0 bridgehead atoms. The van der Waals surface area contributed by atoms with E-state index in [0.717, 1.165) is 29.5 Å². The second-order valence-electron chi connectivity index (χ2n) is 6.68. The maximum Gasteiger partial charge on any atom is 0.416 e. The molecule has 0 saturated heterocycles. The number of benzene rings is 1. The van der Waals surface area contributed by atoms with Crippen molar-refractivity contribution < 1.29 is 22.8 Å². The Labute approximate surface area is 158 Å². The number of aromatic nitrogens is 1. The molecule has 3 N–H and O–H groups in total. The lowest BCUT2D eigenvalue weighted by molar-refractivity contribution is -0.137. The van der Waals surface area contributed by atoms with Crippen molar-refractivity contribution >= 4 is 11.8 Å². The minimum Gasteiger partial charge on any atom is -0.366 e. The third-order valence-corrected chi connectivity index (χ3v) is 4.63. The fraction of sp³-hybridized carbons (Fsp3) is 0.316. The van der Waals surface area contributed by atoms with Crippen LogP contribution in [0.2, 0.25) is 0 Å². The smallest absolute Gasteiger partial charge is 0.366 e. The van der Waals surface area contributed by atoms with Crippen LogP contribution in [0.4, 0.5) is 13.2 Å². The lowest BCUT2D eigenvalue weighted by Gasteiger charge is -2.16. The lowest BCUT2D eigenvalue weighted by Crippen LogP contribution is -2.35. The molecule has 1 aliphatic carbocycles. The van der Waals surface area contributed by atoms with Gasteiger partial charge in [0.15, 0.2) is 0 Å². The van der Waals surface area contributed by atoms with Crippen molar-refractivity contribution in [1.29, 1.82) is 0 Å². The Balaban J connectivity index is 2.14. The predicted octanol–water partition coefficient (Wildman–Crippen LogP) is 2.25. The monoisotopic (exact) mass is 393 g/mol. The Morgan fingerprint density at radius 3 is 2.50 bits per heavy atom. The first-order valence-electron chi connectivity index (χ1n) is 8.58. The summed E-state index contributed by atoms with van der Waals surface area (Å²) in [6.07, 6.45) is -1.85. The number of rotatable bonds is 5. The molecule has 148 valence electrons. The summed E-state index contributed by atoms with van der Waals surface area (Å²) in [5.41, 5.74) is 4.29. The number of amides is 2. The van der Waals surface area contributed by atoms with Crippen LogP contribution < -0.4 is 16.6 Å². The van der Waals surface area contributed by atoms with E-state index in [9.17, 15) is 27.6 Å². The number of carbonyl (C=O) groups is 2. The van der Waals surface area contributed by atoms with Crippen LogP contribution in [0.5, 0.6) is 0 Å². The average molecular weight is 393 g/mol. The van der Waals surface area contributed by atoms with E-state index >= 15 is 0 Å². The number of pyridine rings is 1. The van der Waals surface area contributed by atoms with Gasteiger partial charge in [-0.05, 0) is 42.0 Å². The van der Waals surface area contributed by atoms with Gasteiger partial charge in [0.05, 0.1) is 17.7 Å². The highest BCUT2D eigenvalue weighted by Gasteiger charge is 2.35. The van der Waals surface area contributed by atoms with E-state index in [1.54, 1.807) is 0 Å². The quantitative estimate of drug-likeness (QED) is 0.816. The molecule has 3 rings (SSSR count). The largest absolute Gasteiger partial charge is 0.416 e. The Kier molecular flexibility index (Phi) is 5.01. The van der Waals surface area contributed by atoms with Crippen LogP contribution in [0.25, 0.3) is 0 Å². The summed E-state index contributed by atoms with van der Waals surface area (Å²) in [5, 5.41) is 2.38. The zero-order chi connectivity index (χ0) is 20.6. The number of nitrogens with zero attached hydrogens (tertiary/aromatic N) is 1. The van der Waals surface area contributed by atoms with Crippen molar-refractivity contribution in [3.05, 3.63) is 68.6 Å². The molecule has 0 radical (unpaired) electrons. The SMILES string of the molecule is CNC(=O)c1c(C2CC2)c(C(N)=O)cn(Cc2cccc(C(F)(F)F)c2)c1=O. The molecule has 28 heavy (non-hydrogen) atoms. The van der Waals surface area contributed by atoms with Crippen LogP contribution in [0.15, 0.2) is 35.3 Å². The van der Waals surface area contributed by atoms with Gasteiger partial charge in [-0.15, -0.1) is 0 Å². The first-order chi connectivity index (χ1) is 13.1. The van der Waals surface area contributed by atoms with E-state index in [-0.39, 0.29) is 29.2 Å². The number of nitrogens with two attached hydrogens (primary N) is 1. The molecule has 2 amide bonds. The molecule has 0 aliphatic heterocycles. The zero-order valence-electron chi connectivity index (χ0n) is 15.0. The van der Waals surface area contributed by atoms with Gasteiger partial charge in [0, 0.05) is 13.2 Å². The van der Waals surface area contributed by atoms with E-state index in [2.05, 4.69) is 5.32 Å². The average Bonchev–Trinajstić information content (AvgIpc) is 3.46. The van der Waals surface area contributed by atoms with Crippen LogP contribution in [-0.4, -0.2) is 23.4 Å². The first kappa shape index (κ1) is 19.7. The van der Waals surface area contributed by atoms with Crippen molar-refractivity contribution in [2.45, 2.75) is 31.5 Å². The summed E-state index contributed by atoms with van der Waals surface area (Å²) in [4.78, 5) is 37.2. The number of hydrogen-bond acceptors (Lipinski definition) is 3. The lowest BCUT2D eigenvalue weighted by atomic mass is 9.98. The Morgan fingerprint density at radius 2 is 1.96 bits per heavy atom. The molecule has 1 aromatic carbocycles. The van der Waals surface area contributed by atoms with Crippen molar-refractivity contribution in [3.63, 3.8) is 0 Å². The van der Waals surface area contributed by atoms with Gasteiger partial charge in [-0.3, -0.25) is 14.4 Å². The minimum atomic E-state index is -4.53. The van der Waals surface area contributed by atoms with Crippen molar-refractivity contribution in [2.24, 2.45) is 5.73 Å². The molecule has 1 heterocycles. The molecule has 0 atom stereocenters. The molecule has 9 heteroatoms. The highest BCUT2D eigenvalue weighted by molar-refractivity contribution is 6.01. The van der Waals surface area contributed by atoms with E-state index in [0.29, 0.717) is 5.56 Å². The topological polar surface area (TPSA) is 94.2 Å².